The number of benzene rings is 3. The molecule has 1 aliphatic rings. The quantitative estimate of drug-likeness (QED) is 0.617. The van der Waals surface area contributed by atoms with Crippen molar-refractivity contribution in [1.82, 2.24) is 5.32 Å². The first-order chi connectivity index (χ1) is 14.0. The van der Waals surface area contributed by atoms with E-state index in [-0.39, 0.29) is 30.7 Å². The second kappa shape index (κ2) is 8.01. The molecule has 3 aromatic carbocycles. The predicted molar refractivity (Wildman–Crippen MR) is 107 cm³/mol. The van der Waals surface area contributed by atoms with Gasteiger partial charge in [-0.2, -0.15) is 0 Å². The molecule has 3 N–H and O–H groups in total. The molecular weight excluding hydrogens is 374 g/mol. The third-order valence-electron chi connectivity index (χ3n) is 5.05. The number of anilines is 1. The number of rotatable bonds is 5. The highest BCUT2D eigenvalue weighted by Gasteiger charge is 2.29. The molecule has 0 saturated carbocycles. The summed E-state index contributed by atoms with van der Waals surface area (Å²) >= 11 is 0. The van der Waals surface area contributed by atoms with Gasteiger partial charge in [0.15, 0.2) is 0 Å². The average molecular weight is 394 g/mol. The largest absolute Gasteiger partial charge is 0.392 e. The first-order valence-corrected chi connectivity index (χ1v) is 9.35. The molecule has 0 saturated heterocycles. The summed E-state index contributed by atoms with van der Waals surface area (Å²) in [5.74, 6) is -0.949. The zero-order valence-electron chi connectivity index (χ0n) is 15.6. The number of carbonyl (C=O) groups excluding carboxylic acids is 1. The molecule has 0 bridgehead atoms. The van der Waals surface area contributed by atoms with Crippen LogP contribution in [0.1, 0.15) is 16.7 Å². The molecule has 29 heavy (non-hydrogen) atoms. The molecule has 0 fully saturated rings. The number of hydrogen-bond donors (Lipinski definition) is 3. The lowest BCUT2D eigenvalue weighted by Gasteiger charge is -2.14. The minimum atomic E-state index is -0.532. The molecule has 4 nitrogen and oxygen atoms in total. The van der Waals surface area contributed by atoms with Crippen LogP contribution in [0.15, 0.2) is 60.7 Å². The summed E-state index contributed by atoms with van der Waals surface area (Å²) in [5, 5.41) is 15.2. The Hall–Kier alpha value is -3.25. The van der Waals surface area contributed by atoms with Crippen LogP contribution in [0.4, 0.5) is 14.5 Å². The monoisotopic (exact) mass is 394 g/mol. The summed E-state index contributed by atoms with van der Waals surface area (Å²) < 4.78 is 27.5. The minimum Gasteiger partial charge on any atom is -0.392 e. The standard InChI is InChI=1S/C23H20F2N2O2/c24-18-3-1-2-15(8-18)12-26-23(29)21-10-17-9-19(25)11-20(22(17)27-21)16-6-4-14(13-28)5-7-16/h1-9,11,21,27-28H,10,12-13H2,(H,26,29). The zero-order chi connectivity index (χ0) is 20.4. The molecule has 0 radical (unpaired) electrons. The molecule has 1 atom stereocenters. The van der Waals surface area contributed by atoms with E-state index in [0.29, 0.717) is 17.5 Å². The average Bonchev–Trinajstić information content (AvgIpc) is 3.15. The highest BCUT2D eigenvalue weighted by atomic mass is 19.1. The van der Waals surface area contributed by atoms with Crippen molar-refractivity contribution in [2.24, 2.45) is 0 Å². The van der Waals surface area contributed by atoms with E-state index >= 15 is 0 Å². The number of amides is 1. The van der Waals surface area contributed by atoms with Gasteiger partial charge in [-0.05, 0) is 46.5 Å². The number of aliphatic hydroxyl groups excluding tert-OH is 1. The molecule has 1 amide bonds. The summed E-state index contributed by atoms with van der Waals surface area (Å²) in [5.41, 5.74) is 4.37. The van der Waals surface area contributed by atoms with Crippen LogP contribution in [0.5, 0.6) is 0 Å². The van der Waals surface area contributed by atoms with Gasteiger partial charge >= 0.3 is 0 Å². The molecule has 1 aliphatic heterocycles. The van der Waals surface area contributed by atoms with Crippen molar-refractivity contribution < 1.29 is 18.7 Å². The Bertz CT molecular complexity index is 1050. The van der Waals surface area contributed by atoms with Gasteiger partial charge in [0.1, 0.15) is 17.7 Å². The zero-order valence-corrected chi connectivity index (χ0v) is 15.6. The maximum Gasteiger partial charge on any atom is 0.243 e. The molecule has 1 heterocycles. The first kappa shape index (κ1) is 19.1. The van der Waals surface area contributed by atoms with Gasteiger partial charge < -0.3 is 15.7 Å². The van der Waals surface area contributed by atoms with Crippen LogP contribution in [0.2, 0.25) is 0 Å². The number of halogens is 2. The summed E-state index contributed by atoms with van der Waals surface area (Å²) in [6, 6.07) is 15.6. The van der Waals surface area contributed by atoms with Crippen molar-refractivity contribution in [2.45, 2.75) is 25.6 Å². The molecule has 0 spiro atoms. The summed E-state index contributed by atoms with van der Waals surface area (Å²) in [4.78, 5) is 12.6. The summed E-state index contributed by atoms with van der Waals surface area (Å²) in [7, 11) is 0. The van der Waals surface area contributed by atoms with E-state index in [1.807, 2.05) is 12.1 Å². The Morgan fingerprint density at radius 2 is 1.83 bits per heavy atom. The lowest BCUT2D eigenvalue weighted by atomic mass is 9.99. The van der Waals surface area contributed by atoms with Gasteiger partial charge in [-0.1, -0.05) is 36.4 Å². The third-order valence-corrected chi connectivity index (χ3v) is 5.05. The Balaban J connectivity index is 1.51. The SMILES string of the molecule is O=C(NCc1cccc(F)c1)C1Cc2cc(F)cc(-c3ccc(CO)cc3)c2N1. The highest BCUT2D eigenvalue weighted by Crippen LogP contribution is 2.37. The van der Waals surface area contributed by atoms with Gasteiger partial charge in [0, 0.05) is 24.2 Å². The molecule has 0 aromatic heterocycles. The van der Waals surface area contributed by atoms with Crippen LogP contribution in [0.3, 0.4) is 0 Å². The van der Waals surface area contributed by atoms with Crippen molar-refractivity contribution in [3.63, 3.8) is 0 Å². The van der Waals surface area contributed by atoms with Gasteiger partial charge in [0.05, 0.1) is 6.61 Å². The third kappa shape index (κ3) is 4.12. The number of carbonyl (C=O) groups is 1. The van der Waals surface area contributed by atoms with Gasteiger partial charge in [-0.3, -0.25) is 4.79 Å². The van der Waals surface area contributed by atoms with Gasteiger partial charge in [0.2, 0.25) is 5.91 Å². The van der Waals surface area contributed by atoms with E-state index in [9.17, 15) is 18.7 Å². The first-order valence-electron chi connectivity index (χ1n) is 9.35. The highest BCUT2D eigenvalue weighted by molar-refractivity contribution is 5.91. The molecule has 3 aromatic rings. The van der Waals surface area contributed by atoms with E-state index in [1.165, 1.54) is 24.3 Å². The molecule has 0 aliphatic carbocycles. The van der Waals surface area contributed by atoms with Crippen LogP contribution in [-0.4, -0.2) is 17.1 Å². The topological polar surface area (TPSA) is 61.4 Å². The van der Waals surface area contributed by atoms with Gasteiger partial charge in [-0.25, -0.2) is 8.78 Å². The smallest absolute Gasteiger partial charge is 0.243 e. The molecule has 1 unspecified atom stereocenters. The van der Waals surface area contributed by atoms with Crippen LogP contribution < -0.4 is 10.6 Å². The Labute approximate surface area is 167 Å². The number of aliphatic hydroxyl groups is 1. The fourth-order valence-electron chi connectivity index (χ4n) is 3.57. The van der Waals surface area contributed by atoms with Crippen LogP contribution in [-0.2, 0) is 24.4 Å². The van der Waals surface area contributed by atoms with Crippen molar-refractivity contribution in [3.8, 4) is 11.1 Å². The molecular formula is C23H20F2N2O2. The van der Waals surface area contributed by atoms with Crippen molar-refractivity contribution in [2.75, 3.05) is 5.32 Å². The van der Waals surface area contributed by atoms with Crippen LogP contribution in [0, 0.1) is 11.6 Å². The molecule has 6 heteroatoms. The maximum atomic E-state index is 14.2. The van der Waals surface area contributed by atoms with Crippen LogP contribution in [0.25, 0.3) is 11.1 Å². The fourth-order valence-corrected chi connectivity index (χ4v) is 3.57. The van der Waals surface area contributed by atoms with Crippen molar-refractivity contribution in [1.29, 1.82) is 0 Å². The van der Waals surface area contributed by atoms with Gasteiger partial charge in [0.25, 0.3) is 0 Å². The Morgan fingerprint density at radius 1 is 1.03 bits per heavy atom. The van der Waals surface area contributed by atoms with E-state index < -0.39 is 6.04 Å². The van der Waals surface area contributed by atoms with E-state index in [2.05, 4.69) is 10.6 Å². The summed E-state index contributed by atoms with van der Waals surface area (Å²) in [6.07, 6.45) is 0.365. The second-order valence-corrected chi connectivity index (χ2v) is 7.09. The number of nitrogens with one attached hydrogen (secondary N) is 2. The normalized spacial score (nSPS) is 14.9. The van der Waals surface area contributed by atoms with Crippen LogP contribution >= 0.6 is 0 Å². The Morgan fingerprint density at radius 3 is 2.55 bits per heavy atom. The fraction of sp³-hybridized carbons (Fsp3) is 0.174. The molecule has 148 valence electrons. The van der Waals surface area contributed by atoms with Gasteiger partial charge in [-0.15, -0.1) is 0 Å². The predicted octanol–water partition coefficient (Wildman–Crippen LogP) is 3.78. The lowest BCUT2D eigenvalue weighted by molar-refractivity contribution is -0.121. The van der Waals surface area contributed by atoms with E-state index in [1.54, 1.807) is 24.3 Å². The van der Waals surface area contributed by atoms with Crippen molar-refractivity contribution in [3.05, 3.63) is 89.0 Å². The maximum absolute atomic E-state index is 14.2. The summed E-state index contributed by atoms with van der Waals surface area (Å²) in [6.45, 7) is 0.155. The number of fused-ring (bicyclic) bond motifs is 1. The lowest BCUT2D eigenvalue weighted by Crippen LogP contribution is -2.38. The minimum absolute atomic E-state index is 0.0622. The van der Waals surface area contributed by atoms with E-state index in [0.717, 1.165) is 22.4 Å². The number of hydrogen-bond acceptors (Lipinski definition) is 3. The molecule has 4 rings (SSSR count). The van der Waals surface area contributed by atoms with Crippen molar-refractivity contribution >= 4 is 11.6 Å². The Kier molecular flexibility index (Phi) is 5.27. The second-order valence-electron chi connectivity index (χ2n) is 7.09. The van der Waals surface area contributed by atoms with E-state index in [4.69, 9.17) is 0 Å².